The standard InChI is InChI=1S/C17H18ClN5O2/c1-22-14-9-23(17(25)20-12-4-2-3-10(18)7-12)8-13(14)15(21-22)16(24)19-11-5-6-11/h2-4,7,11H,5-6,8-9H2,1H3,(H,19,24)(H,20,25). The number of carbonyl (C=O) groups excluding carboxylic acids is 2. The first kappa shape index (κ1) is 16.0. The van der Waals surface area contributed by atoms with Crippen molar-refractivity contribution in [2.24, 2.45) is 7.05 Å². The molecule has 2 N–H and O–H groups in total. The molecular weight excluding hydrogens is 342 g/mol. The van der Waals surface area contributed by atoms with Gasteiger partial charge in [-0.2, -0.15) is 5.10 Å². The second-order valence-corrected chi connectivity index (χ2v) is 6.88. The van der Waals surface area contributed by atoms with Crippen molar-refractivity contribution in [2.75, 3.05) is 5.32 Å². The fourth-order valence-electron chi connectivity index (χ4n) is 2.97. The highest BCUT2D eigenvalue weighted by molar-refractivity contribution is 6.30. The lowest BCUT2D eigenvalue weighted by molar-refractivity contribution is 0.0943. The molecule has 1 aliphatic heterocycles. The molecule has 1 fully saturated rings. The average Bonchev–Trinajstić information content (AvgIpc) is 3.17. The van der Waals surface area contributed by atoms with Gasteiger partial charge >= 0.3 is 6.03 Å². The monoisotopic (exact) mass is 359 g/mol. The highest BCUT2D eigenvalue weighted by Crippen LogP contribution is 2.27. The minimum absolute atomic E-state index is 0.156. The summed E-state index contributed by atoms with van der Waals surface area (Å²) in [5.41, 5.74) is 2.77. The average molecular weight is 360 g/mol. The van der Waals surface area contributed by atoms with Gasteiger partial charge in [-0.25, -0.2) is 4.79 Å². The van der Waals surface area contributed by atoms with Gasteiger partial charge in [-0.15, -0.1) is 0 Å². The Morgan fingerprint density at radius 2 is 2.08 bits per heavy atom. The zero-order valence-electron chi connectivity index (χ0n) is 13.8. The molecule has 4 rings (SSSR count). The maximum absolute atomic E-state index is 12.5. The number of aryl methyl sites for hydroxylation is 1. The number of halogens is 1. The van der Waals surface area contributed by atoms with Crippen molar-refractivity contribution >= 4 is 29.2 Å². The van der Waals surface area contributed by atoms with Gasteiger partial charge in [0.2, 0.25) is 0 Å². The predicted molar refractivity (Wildman–Crippen MR) is 93.4 cm³/mol. The molecule has 1 saturated carbocycles. The van der Waals surface area contributed by atoms with E-state index in [1.54, 1.807) is 40.9 Å². The van der Waals surface area contributed by atoms with Crippen LogP contribution >= 0.6 is 11.6 Å². The van der Waals surface area contributed by atoms with Gasteiger partial charge in [0, 0.05) is 29.4 Å². The lowest BCUT2D eigenvalue weighted by Gasteiger charge is -2.17. The highest BCUT2D eigenvalue weighted by atomic mass is 35.5. The van der Waals surface area contributed by atoms with Crippen LogP contribution in [0.5, 0.6) is 0 Å². The first-order chi connectivity index (χ1) is 12.0. The summed E-state index contributed by atoms with van der Waals surface area (Å²) >= 11 is 5.95. The van der Waals surface area contributed by atoms with Gasteiger partial charge in [0.25, 0.3) is 5.91 Å². The third-order valence-corrected chi connectivity index (χ3v) is 4.69. The molecule has 0 saturated heterocycles. The Balaban J connectivity index is 1.48. The maximum atomic E-state index is 12.5. The summed E-state index contributed by atoms with van der Waals surface area (Å²) in [6.45, 7) is 0.783. The van der Waals surface area contributed by atoms with E-state index in [1.807, 2.05) is 0 Å². The fraction of sp³-hybridized carbons (Fsp3) is 0.353. The molecule has 7 nitrogen and oxygen atoms in total. The van der Waals surface area contributed by atoms with Gasteiger partial charge in [0.1, 0.15) is 0 Å². The molecule has 8 heteroatoms. The number of rotatable bonds is 3. The third kappa shape index (κ3) is 3.19. The summed E-state index contributed by atoms with van der Waals surface area (Å²) in [6.07, 6.45) is 2.05. The van der Waals surface area contributed by atoms with Crippen LogP contribution in [0.3, 0.4) is 0 Å². The van der Waals surface area contributed by atoms with Gasteiger partial charge in [-0.05, 0) is 31.0 Å². The number of aromatic nitrogens is 2. The van der Waals surface area contributed by atoms with Crippen LogP contribution in [0.4, 0.5) is 10.5 Å². The Hall–Kier alpha value is -2.54. The molecule has 0 atom stereocenters. The number of urea groups is 1. The van der Waals surface area contributed by atoms with Crippen molar-refractivity contribution in [1.82, 2.24) is 20.0 Å². The summed E-state index contributed by atoms with van der Waals surface area (Å²) in [7, 11) is 1.80. The van der Waals surface area contributed by atoms with E-state index in [2.05, 4.69) is 15.7 Å². The van der Waals surface area contributed by atoms with Crippen LogP contribution < -0.4 is 10.6 Å². The quantitative estimate of drug-likeness (QED) is 0.883. The largest absolute Gasteiger partial charge is 0.348 e. The smallest absolute Gasteiger partial charge is 0.322 e. The summed E-state index contributed by atoms with van der Waals surface area (Å²) < 4.78 is 1.68. The Morgan fingerprint density at radius 1 is 1.28 bits per heavy atom. The van der Waals surface area contributed by atoms with Gasteiger partial charge in [-0.1, -0.05) is 17.7 Å². The van der Waals surface area contributed by atoms with E-state index in [0.29, 0.717) is 29.5 Å². The normalized spacial score (nSPS) is 15.8. The van der Waals surface area contributed by atoms with Crippen molar-refractivity contribution in [1.29, 1.82) is 0 Å². The van der Waals surface area contributed by atoms with E-state index in [4.69, 9.17) is 11.6 Å². The van der Waals surface area contributed by atoms with Gasteiger partial charge in [0.05, 0.1) is 18.8 Å². The van der Waals surface area contributed by atoms with Gasteiger partial charge in [-0.3, -0.25) is 9.48 Å². The van der Waals surface area contributed by atoms with Crippen molar-refractivity contribution < 1.29 is 9.59 Å². The Labute approximate surface area is 149 Å². The number of hydrogen-bond acceptors (Lipinski definition) is 3. The number of nitrogens with one attached hydrogen (secondary N) is 2. The molecule has 1 aromatic carbocycles. The third-order valence-electron chi connectivity index (χ3n) is 4.46. The molecule has 0 bridgehead atoms. The predicted octanol–water partition coefficient (Wildman–Crippen LogP) is 2.51. The van der Waals surface area contributed by atoms with Crippen LogP contribution in [0.15, 0.2) is 24.3 Å². The second kappa shape index (κ2) is 6.07. The molecule has 2 heterocycles. The van der Waals surface area contributed by atoms with Gasteiger partial charge < -0.3 is 15.5 Å². The molecule has 0 radical (unpaired) electrons. The van der Waals surface area contributed by atoms with Crippen molar-refractivity contribution in [3.8, 4) is 0 Å². The minimum Gasteiger partial charge on any atom is -0.348 e. The van der Waals surface area contributed by atoms with Crippen LogP contribution in [0, 0.1) is 0 Å². The molecule has 1 aromatic heterocycles. The van der Waals surface area contributed by atoms with Crippen molar-refractivity contribution in [2.45, 2.75) is 32.0 Å². The van der Waals surface area contributed by atoms with Crippen molar-refractivity contribution in [3.63, 3.8) is 0 Å². The van der Waals surface area contributed by atoms with E-state index in [-0.39, 0.29) is 18.0 Å². The number of carbonyl (C=O) groups is 2. The zero-order valence-corrected chi connectivity index (χ0v) is 14.5. The Morgan fingerprint density at radius 3 is 2.80 bits per heavy atom. The SMILES string of the molecule is Cn1nc(C(=O)NC2CC2)c2c1CN(C(=O)Nc1cccc(Cl)c1)C2. The van der Waals surface area contributed by atoms with Crippen LogP contribution in [-0.4, -0.2) is 32.7 Å². The highest BCUT2D eigenvalue weighted by Gasteiger charge is 2.33. The second-order valence-electron chi connectivity index (χ2n) is 6.44. The molecule has 3 amide bonds. The first-order valence-electron chi connectivity index (χ1n) is 8.18. The van der Waals surface area contributed by atoms with Crippen molar-refractivity contribution in [3.05, 3.63) is 46.2 Å². The molecule has 2 aromatic rings. The molecule has 25 heavy (non-hydrogen) atoms. The summed E-state index contributed by atoms with van der Waals surface area (Å²) in [4.78, 5) is 26.5. The van der Waals surface area contributed by atoms with Crippen LogP contribution in [-0.2, 0) is 20.1 Å². The molecule has 130 valence electrons. The first-order valence-corrected chi connectivity index (χ1v) is 8.56. The topological polar surface area (TPSA) is 79.3 Å². The minimum atomic E-state index is -0.230. The van der Waals surface area contributed by atoms with Gasteiger partial charge in [0.15, 0.2) is 5.69 Å². The Bertz CT molecular complexity index is 859. The van der Waals surface area contributed by atoms with E-state index < -0.39 is 0 Å². The van der Waals surface area contributed by atoms with E-state index in [9.17, 15) is 9.59 Å². The van der Waals surface area contributed by atoms with E-state index in [1.165, 1.54) is 0 Å². The summed E-state index contributed by atoms with van der Waals surface area (Å²) in [5.74, 6) is -0.156. The zero-order chi connectivity index (χ0) is 17.6. The lowest BCUT2D eigenvalue weighted by Crippen LogP contribution is -2.32. The number of benzene rings is 1. The number of anilines is 1. The van der Waals surface area contributed by atoms with Crippen LogP contribution in [0.25, 0.3) is 0 Å². The number of hydrogen-bond donors (Lipinski definition) is 2. The van der Waals surface area contributed by atoms with Crippen LogP contribution in [0.1, 0.15) is 34.6 Å². The number of fused-ring (bicyclic) bond motifs is 1. The maximum Gasteiger partial charge on any atom is 0.322 e. The molecule has 0 unspecified atom stereocenters. The summed E-state index contributed by atoms with van der Waals surface area (Å²) in [6, 6.07) is 7.04. The molecule has 1 aliphatic carbocycles. The lowest BCUT2D eigenvalue weighted by atomic mass is 10.2. The number of nitrogens with zero attached hydrogens (tertiary/aromatic N) is 3. The Kier molecular flexibility index (Phi) is 3.88. The molecule has 0 spiro atoms. The van der Waals surface area contributed by atoms with E-state index in [0.717, 1.165) is 24.1 Å². The number of amides is 3. The molecule has 2 aliphatic rings. The molecular formula is C17H18ClN5O2. The fourth-order valence-corrected chi connectivity index (χ4v) is 3.16. The van der Waals surface area contributed by atoms with Crippen LogP contribution in [0.2, 0.25) is 5.02 Å². The summed E-state index contributed by atoms with van der Waals surface area (Å²) in [5, 5.41) is 10.7. The van der Waals surface area contributed by atoms with E-state index >= 15 is 0 Å².